The van der Waals surface area contributed by atoms with Crippen LogP contribution in [0.5, 0.6) is 5.75 Å². The molecule has 114 valence electrons. The Morgan fingerprint density at radius 2 is 2.05 bits per heavy atom. The number of aryl methyl sites for hydroxylation is 1. The molecule has 0 spiro atoms. The molecule has 0 fully saturated rings. The van der Waals surface area contributed by atoms with Crippen molar-refractivity contribution >= 4 is 37.3 Å². The standard InChI is InChI=1S/C14H16BrNO3S2/c1-11-4-3-5-12(10-11)19-9-8-16(2)21(17,18)14-7-6-13(15)20-14/h3-7,10H,8-9H2,1-2H3. The predicted molar refractivity (Wildman–Crippen MR) is 88.5 cm³/mol. The maximum atomic E-state index is 12.3. The monoisotopic (exact) mass is 389 g/mol. The molecule has 2 rings (SSSR count). The van der Waals surface area contributed by atoms with Gasteiger partial charge in [0.05, 0.1) is 3.79 Å². The van der Waals surface area contributed by atoms with Gasteiger partial charge in [0.15, 0.2) is 0 Å². The van der Waals surface area contributed by atoms with E-state index in [-0.39, 0.29) is 0 Å². The zero-order valence-electron chi connectivity index (χ0n) is 11.7. The molecule has 0 aliphatic carbocycles. The minimum atomic E-state index is -3.44. The molecule has 1 aromatic carbocycles. The van der Waals surface area contributed by atoms with E-state index in [1.807, 2.05) is 31.2 Å². The lowest BCUT2D eigenvalue weighted by molar-refractivity contribution is 0.287. The zero-order chi connectivity index (χ0) is 15.5. The maximum absolute atomic E-state index is 12.3. The molecule has 1 aromatic heterocycles. The number of hydrogen-bond donors (Lipinski definition) is 0. The van der Waals surface area contributed by atoms with Crippen molar-refractivity contribution in [2.75, 3.05) is 20.2 Å². The predicted octanol–water partition coefficient (Wildman–Crippen LogP) is 3.52. The largest absolute Gasteiger partial charge is 0.492 e. The van der Waals surface area contributed by atoms with E-state index in [1.165, 1.54) is 15.6 Å². The van der Waals surface area contributed by atoms with E-state index in [9.17, 15) is 8.42 Å². The fraction of sp³-hybridized carbons (Fsp3) is 0.286. The average Bonchev–Trinajstić information content (AvgIpc) is 2.86. The topological polar surface area (TPSA) is 46.6 Å². The molecule has 0 atom stereocenters. The molecule has 2 aromatic rings. The molecular formula is C14H16BrNO3S2. The fourth-order valence-corrected chi connectivity index (χ4v) is 5.08. The summed E-state index contributed by atoms with van der Waals surface area (Å²) < 4.78 is 32.6. The van der Waals surface area contributed by atoms with E-state index >= 15 is 0 Å². The third kappa shape index (κ3) is 4.29. The van der Waals surface area contributed by atoms with Gasteiger partial charge in [-0.05, 0) is 52.7 Å². The lowest BCUT2D eigenvalue weighted by atomic mass is 10.2. The molecule has 21 heavy (non-hydrogen) atoms. The SMILES string of the molecule is Cc1cccc(OCCN(C)S(=O)(=O)c2ccc(Br)s2)c1. The molecule has 0 radical (unpaired) electrons. The fourth-order valence-electron chi connectivity index (χ4n) is 1.71. The number of thiophene rings is 1. The highest BCUT2D eigenvalue weighted by Gasteiger charge is 2.22. The summed E-state index contributed by atoms with van der Waals surface area (Å²) in [4.78, 5) is 0. The van der Waals surface area contributed by atoms with Crippen LogP contribution in [-0.2, 0) is 10.0 Å². The van der Waals surface area contributed by atoms with Crippen molar-refractivity contribution in [3.8, 4) is 5.75 Å². The average molecular weight is 390 g/mol. The molecule has 1 heterocycles. The van der Waals surface area contributed by atoms with Crippen molar-refractivity contribution in [1.82, 2.24) is 4.31 Å². The van der Waals surface area contributed by atoms with E-state index in [4.69, 9.17) is 4.74 Å². The van der Waals surface area contributed by atoms with E-state index < -0.39 is 10.0 Å². The molecule has 4 nitrogen and oxygen atoms in total. The molecule has 7 heteroatoms. The Balaban J connectivity index is 1.94. The molecular weight excluding hydrogens is 374 g/mol. The second kappa shape index (κ2) is 6.91. The molecule has 0 amide bonds. The van der Waals surface area contributed by atoms with Crippen molar-refractivity contribution in [1.29, 1.82) is 0 Å². The van der Waals surface area contributed by atoms with Crippen LogP contribution in [0.15, 0.2) is 44.4 Å². The first-order valence-electron chi connectivity index (χ1n) is 6.31. The van der Waals surface area contributed by atoms with Crippen molar-refractivity contribution in [2.45, 2.75) is 11.1 Å². The Labute approximate surface area is 137 Å². The Morgan fingerprint density at radius 1 is 1.29 bits per heavy atom. The first kappa shape index (κ1) is 16.5. The molecule has 0 aliphatic heterocycles. The van der Waals surface area contributed by atoms with Gasteiger partial charge in [0.1, 0.15) is 16.6 Å². The van der Waals surface area contributed by atoms with Crippen LogP contribution >= 0.6 is 27.3 Å². The number of nitrogens with zero attached hydrogens (tertiary/aromatic N) is 1. The van der Waals surface area contributed by atoms with Crippen LogP contribution < -0.4 is 4.74 Å². The number of ether oxygens (including phenoxy) is 1. The summed E-state index contributed by atoms with van der Waals surface area (Å²) in [5.74, 6) is 0.750. The van der Waals surface area contributed by atoms with Crippen LogP contribution in [0.3, 0.4) is 0 Å². The van der Waals surface area contributed by atoms with Gasteiger partial charge in [-0.3, -0.25) is 0 Å². The summed E-state index contributed by atoms with van der Waals surface area (Å²) in [5, 5.41) is 0. The molecule has 0 N–H and O–H groups in total. The molecule has 0 unspecified atom stereocenters. The molecule has 0 saturated heterocycles. The van der Waals surface area contributed by atoms with E-state index in [0.29, 0.717) is 17.4 Å². The summed E-state index contributed by atoms with van der Waals surface area (Å²) in [6.07, 6.45) is 0. The van der Waals surface area contributed by atoms with Crippen LogP contribution in [0.2, 0.25) is 0 Å². The van der Waals surface area contributed by atoms with Gasteiger partial charge in [-0.15, -0.1) is 11.3 Å². The summed E-state index contributed by atoms with van der Waals surface area (Å²) in [6.45, 7) is 2.59. The smallest absolute Gasteiger partial charge is 0.252 e. The quantitative estimate of drug-likeness (QED) is 0.758. The van der Waals surface area contributed by atoms with Crippen molar-refractivity contribution in [2.24, 2.45) is 0 Å². The van der Waals surface area contributed by atoms with Crippen molar-refractivity contribution in [3.05, 3.63) is 45.7 Å². The molecule has 0 bridgehead atoms. The zero-order valence-corrected chi connectivity index (χ0v) is 15.0. The minimum absolute atomic E-state index is 0.297. The Morgan fingerprint density at radius 3 is 2.67 bits per heavy atom. The van der Waals surface area contributed by atoms with Gasteiger partial charge in [-0.1, -0.05) is 12.1 Å². The van der Waals surface area contributed by atoms with Crippen LogP contribution in [0.25, 0.3) is 0 Å². The highest BCUT2D eigenvalue weighted by molar-refractivity contribution is 9.11. The lowest BCUT2D eigenvalue weighted by Gasteiger charge is -2.16. The Kier molecular flexibility index (Phi) is 5.43. The van der Waals surface area contributed by atoms with Gasteiger partial charge >= 0.3 is 0 Å². The van der Waals surface area contributed by atoms with Gasteiger partial charge in [0.2, 0.25) is 0 Å². The highest BCUT2D eigenvalue weighted by atomic mass is 79.9. The number of rotatable bonds is 6. The summed E-state index contributed by atoms with van der Waals surface area (Å²) in [7, 11) is -1.88. The van der Waals surface area contributed by atoms with Crippen LogP contribution in [-0.4, -0.2) is 32.9 Å². The van der Waals surface area contributed by atoms with Gasteiger partial charge < -0.3 is 4.74 Å². The second-order valence-corrected chi connectivity index (χ2v) is 9.28. The third-order valence-corrected chi connectivity index (χ3v) is 6.83. The van der Waals surface area contributed by atoms with Crippen LogP contribution in [0.1, 0.15) is 5.56 Å². The number of benzene rings is 1. The highest BCUT2D eigenvalue weighted by Crippen LogP contribution is 2.27. The van der Waals surface area contributed by atoms with Gasteiger partial charge in [0.25, 0.3) is 10.0 Å². The third-order valence-electron chi connectivity index (χ3n) is 2.88. The summed E-state index contributed by atoms with van der Waals surface area (Å²) in [6, 6.07) is 11.0. The minimum Gasteiger partial charge on any atom is -0.492 e. The second-order valence-electron chi connectivity index (χ2n) is 4.55. The number of likely N-dealkylation sites (N-methyl/N-ethyl adjacent to an activating group) is 1. The Hall–Kier alpha value is -0.890. The van der Waals surface area contributed by atoms with Crippen LogP contribution in [0.4, 0.5) is 0 Å². The Bertz CT molecular complexity index is 713. The van der Waals surface area contributed by atoms with Gasteiger partial charge in [-0.2, -0.15) is 4.31 Å². The van der Waals surface area contributed by atoms with E-state index in [0.717, 1.165) is 15.1 Å². The lowest BCUT2D eigenvalue weighted by Crippen LogP contribution is -2.30. The van der Waals surface area contributed by atoms with E-state index in [1.54, 1.807) is 19.2 Å². The number of hydrogen-bond acceptors (Lipinski definition) is 4. The summed E-state index contributed by atoms with van der Waals surface area (Å²) >= 11 is 4.48. The number of halogens is 1. The van der Waals surface area contributed by atoms with Crippen molar-refractivity contribution in [3.63, 3.8) is 0 Å². The van der Waals surface area contributed by atoms with E-state index in [2.05, 4.69) is 15.9 Å². The van der Waals surface area contributed by atoms with Gasteiger partial charge in [0, 0.05) is 13.6 Å². The van der Waals surface area contributed by atoms with Crippen LogP contribution in [0, 0.1) is 6.92 Å². The molecule has 0 aliphatic rings. The first-order valence-corrected chi connectivity index (χ1v) is 9.36. The normalized spacial score (nSPS) is 11.8. The number of sulfonamides is 1. The van der Waals surface area contributed by atoms with Crippen molar-refractivity contribution < 1.29 is 13.2 Å². The maximum Gasteiger partial charge on any atom is 0.252 e. The van der Waals surface area contributed by atoms with Gasteiger partial charge in [-0.25, -0.2) is 8.42 Å². The summed E-state index contributed by atoms with van der Waals surface area (Å²) in [5.41, 5.74) is 1.11. The first-order chi connectivity index (χ1) is 9.89. The molecule has 0 saturated carbocycles.